The average Bonchev–Trinajstić information content (AvgIpc) is 1.91. The molecule has 0 radical (unpaired) electrons. The first-order valence-corrected chi connectivity index (χ1v) is 2.84. The second-order valence-electron chi connectivity index (χ2n) is 1.79. The van der Waals surface area contributed by atoms with Crippen molar-refractivity contribution >= 4 is 0 Å². The highest BCUT2D eigenvalue weighted by Crippen LogP contribution is 2.07. The Labute approximate surface area is 55.6 Å². The van der Waals surface area contributed by atoms with E-state index in [2.05, 4.69) is 18.1 Å². The SMILES string of the molecule is C#C[C+]=C1C=CC=CC1. The third-order valence-corrected chi connectivity index (χ3v) is 1.12. The number of hydrogen-bond acceptors (Lipinski definition) is 0. The minimum absolute atomic E-state index is 0.917. The molecule has 0 bridgehead atoms. The standard InChI is InChI=1S/C9H7/c1-2-6-9-7-4-3-5-8-9/h1,3-5,7H,8H2/q+1. The highest BCUT2D eigenvalue weighted by Gasteiger charge is 1.98. The van der Waals surface area contributed by atoms with E-state index in [4.69, 9.17) is 6.42 Å². The molecule has 9 heavy (non-hydrogen) atoms. The summed E-state index contributed by atoms with van der Waals surface area (Å²) < 4.78 is 0. The molecule has 1 rings (SSSR count). The molecule has 0 heterocycles. The first-order chi connectivity index (χ1) is 4.43. The van der Waals surface area contributed by atoms with Gasteiger partial charge in [0.05, 0.1) is 0 Å². The highest BCUT2D eigenvalue weighted by atomic mass is 13.9. The average molecular weight is 115 g/mol. The van der Waals surface area contributed by atoms with Gasteiger partial charge in [0.2, 0.25) is 0 Å². The van der Waals surface area contributed by atoms with E-state index in [0.717, 1.165) is 12.0 Å². The molecule has 1 aliphatic rings. The van der Waals surface area contributed by atoms with Crippen molar-refractivity contribution in [3.8, 4) is 12.3 Å². The van der Waals surface area contributed by atoms with E-state index >= 15 is 0 Å². The van der Waals surface area contributed by atoms with Crippen LogP contribution in [0.15, 0.2) is 29.9 Å². The summed E-state index contributed by atoms with van der Waals surface area (Å²) in [4.78, 5) is 0. The minimum atomic E-state index is 0.917. The Morgan fingerprint density at radius 1 is 1.56 bits per heavy atom. The van der Waals surface area contributed by atoms with Crippen molar-refractivity contribution in [3.63, 3.8) is 0 Å². The van der Waals surface area contributed by atoms with Crippen molar-refractivity contribution in [3.05, 3.63) is 36.0 Å². The summed E-state index contributed by atoms with van der Waals surface area (Å²) >= 11 is 0. The van der Waals surface area contributed by atoms with E-state index in [1.165, 1.54) is 0 Å². The summed E-state index contributed by atoms with van der Waals surface area (Å²) in [6.07, 6.45) is 16.7. The molecular weight excluding hydrogens is 108 g/mol. The van der Waals surface area contributed by atoms with E-state index in [-0.39, 0.29) is 0 Å². The van der Waals surface area contributed by atoms with Crippen LogP contribution in [0.2, 0.25) is 0 Å². The molecule has 0 aromatic rings. The fourth-order valence-corrected chi connectivity index (χ4v) is 0.699. The van der Waals surface area contributed by atoms with E-state index in [0.29, 0.717) is 0 Å². The molecule has 0 amide bonds. The lowest BCUT2D eigenvalue weighted by Crippen LogP contribution is -1.78. The molecule has 0 unspecified atom stereocenters. The van der Waals surface area contributed by atoms with Crippen LogP contribution in [-0.2, 0) is 0 Å². The van der Waals surface area contributed by atoms with Gasteiger partial charge in [0.25, 0.3) is 0 Å². The maximum Gasteiger partial charge on any atom is 0.133 e. The van der Waals surface area contributed by atoms with E-state index in [1.54, 1.807) is 0 Å². The molecule has 0 aromatic carbocycles. The summed E-state index contributed by atoms with van der Waals surface area (Å²) in [6, 6.07) is 0. The Hall–Kier alpha value is -1.31. The lowest BCUT2D eigenvalue weighted by molar-refractivity contribution is 1.26. The topological polar surface area (TPSA) is 0 Å². The number of allylic oxidation sites excluding steroid dienone is 6. The molecular formula is C9H7+. The largest absolute Gasteiger partial charge is 0.133 e. The number of rotatable bonds is 0. The van der Waals surface area contributed by atoms with Gasteiger partial charge in [0, 0.05) is 18.9 Å². The van der Waals surface area contributed by atoms with Gasteiger partial charge in [-0.3, -0.25) is 0 Å². The monoisotopic (exact) mass is 115 g/mol. The lowest BCUT2D eigenvalue weighted by atomic mass is 10.1. The molecule has 0 spiro atoms. The van der Waals surface area contributed by atoms with Gasteiger partial charge in [-0.25, -0.2) is 0 Å². The Balaban J connectivity index is 2.69. The van der Waals surface area contributed by atoms with Crippen molar-refractivity contribution in [2.45, 2.75) is 6.42 Å². The predicted molar refractivity (Wildman–Crippen MR) is 38.5 cm³/mol. The Bertz CT molecular complexity index is 209. The number of terminal acetylenes is 1. The minimum Gasteiger partial charge on any atom is -0.0758 e. The van der Waals surface area contributed by atoms with Crippen molar-refractivity contribution in [1.82, 2.24) is 0 Å². The summed E-state index contributed by atoms with van der Waals surface area (Å²) in [6.45, 7) is 0. The van der Waals surface area contributed by atoms with Crippen LogP contribution in [0.3, 0.4) is 0 Å². The molecule has 0 heteroatoms. The lowest BCUT2D eigenvalue weighted by Gasteiger charge is -1.88. The van der Waals surface area contributed by atoms with Crippen molar-refractivity contribution in [2.24, 2.45) is 0 Å². The van der Waals surface area contributed by atoms with Crippen LogP contribution in [-0.4, -0.2) is 0 Å². The van der Waals surface area contributed by atoms with Gasteiger partial charge in [-0.2, -0.15) is 0 Å². The normalized spacial score (nSPS) is 19.2. The van der Waals surface area contributed by atoms with Gasteiger partial charge in [-0.05, 0) is 6.08 Å². The van der Waals surface area contributed by atoms with Crippen molar-refractivity contribution in [1.29, 1.82) is 0 Å². The van der Waals surface area contributed by atoms with Crippen LogP contribution in [0.25, 0.3) is 0 Å². The molecule has 42 valence electrons. The zero-order chi connectivity index (χ0) is 6.53. The fourth-order valence-electron chi connectivity index (χ4n) is 0.699. The Morgan fingerprint density at radius 2 is 2.44 bits per heavy atom. The van der Waals surface area contributed by atoms with E-state index < -0.39 is 0 Å². The van der Waals surface area contributed by atoms with Gasteiger partial charge >= 0.3 is 0 Å². The molecule has 0 fully saturated rings. The summed E-state index contributed by atoms with van der Waals surface area (Å²) in [5.74, 6) is 2.37. The van der Waals surface area contributed by atoms with Gasteiger partial charge in [-0.1, -0.05) is 12.2 Å². The van der Waals surface area contributed by atoms with Gasteiger partial charge in [0.1, 0.15) is 17.6 Å². The van der Waals surface area contributed by atoms with Crippen LogP contribution in [0.4, 0.5) is 0 Å². The third-order valence-electron chi connectivity index (χ3n) is 1.12. The zero-order valence-electron chi connectivity index (χ0n) is 5.09. The highest BCUT2D eigenvalue weighted by molar-refractivity contribution is 5.30. The zero-order valence-corrected chi connectivity index (χ0v) is 5.09. The smallest absolute Gasteiger partial charge is 0.0758 e. The van der Waals surface area contributed by atoms with Crippen LogP contribution < -0.4 is 0 Å². The maximum atomic E-state index is 5.02. The van der Waals surface area contributed by atoms with Crippen LogP contribution >= 0.6 is 0 Å². The van der Waals surface area contributed by atoms with Crippen molar-refractivity contribution < 1.29 is 0 Å². The van der Waals surface area contributed by atoms with Crippen LogP contribution in [0, 0.1) is 18.4 Å². The van der Waals surface area contributed by atoms with Crippen LogP contribution in [0.5, 0.6) is 0 Å². The van der Waals surface area contributed by atoms with Gasteiger partial charge in [0.15, 0.2) is 0 Å². The molecule has 0 aliphatic heterocycles. The van der Waals surface area contributed by atoms with Gasteiger partial charge in [-0.15, -0.1) is 0 Å². The first-order valence-electron chi connectivity index (χ1n) is 2.84. The molecule has 0 saturated carbocycles. The maximum absolute atomic E-state index is 5.02. The molecule has 1 aliphatic carbocycles. The second-order valence-corrected chi connectivity index (χ2v) is 1.79. The molecule has 0 N–H and O–H groups in total. The summed E-state index contributed by atoms with van der Waals surface area (Å²) in [5, 5.41) is 0. The van der Waals surface area contributed by atoms with E-state index in [1.807, 2.05) is 18.2 Å². The molecule has 0 atom stereocenters. The predicted octanol–water partition coefficient (Wildman–Crippen LogP) is 1.87. The Morgan fingerprint density at radius 3 is 3.00 bits per heavy atom. The molecule has 0 aromatic heterocycles. The second kappa shape index (κ2) is 2.87. The fraction of sp³-hybridized carbons (Fsp3) is 0.111. The van der Waals surface area contributed by atoms with Crippen molar-refractivity contribution in [2.75, 3.05) is 0 Å². The Kier molecular flexibility index (Phi) is 1.85. The molecule has 0 nitrogen and oxygen atoms in total. The third kappa shape index (κ3) is 1.57. The summed E-state index contributed by atoms with van der Waals surface area (Å²) in [7, 11) is 0. The van der Waals surface area contributed by atoms with E-state index in [9.17, 15) is 0 Å². The van der Waals surface area contributed by atoms with Gasteiger partial charge < -0.3 is 0 Å². The number of hydrogen-bond donors (Lipinski definition) is 0. The molecule has 0 saturated heterocycles. The quantitative estimate of drug-likeness (QED) is 0.334. The van der Waals surface area contributed by atoms with Crippen LogP contribution in [0.1, 0.15) is 6.42 Å². The first kappa shape index (κ1) is 5.82. The summed E-state index contributed by atoms with van der Waals surface area (Å²) in [5.41, 5.74) is 1.08.